The molecule has 0 radical (unpaired) electrons. The number of sulfone groups is 2. The summed E-state index contributed by atoms with van der Waals surface area (Å²) in [4.78, 5) is 0. The van der Waals surface area contributed by atoms with Gasteiger partial charge >= 0.3 is 11.0 Å². The van der Waals surface area contributed by atoms with Gasteiger partial charge in [-0.1, -0.05) is 0 Å². The molecule has 1 aromatic heterocycles. The van der Waals surface area contributed by atoms with E-state index in [1.54, 1.807) is 0 Å². The van der Waals surface area contributed by atoms with Crippen molar-refractivity contribution in [1.29, 1.82) is 0 Å². The van der Waals surface area contributed by atoms with E-state index in [4.69, 9.17) is 0 Å². The van der Waals surface area contributed by atoms with E-state index in [0.29, 0.717) is 4.57 Å². The zero-order chi connectivity index (χ0) is 17.6. The predicted molar refractivity (Wildman–Crippen MR) is 58.8 cm³/mol. The summed E-state index contributed by atoms with van der Waals surface area (Å²) in [5, 5.41) is 0. The third-order valence-corrected chi connectivity index (χ3v) is 6.34. The van der Waals surface area contributed by atoms with E-state index < -0.39 is 41.8 Å². The van der Waals surface area contributed by atoms with E-state index in [9.17, 15) is 43.2 Å². The topological polar surface area (TPSA) is 77.1 Å². The average Bonchev–Trinajstić information content (AvgIpc) is 2.68. The summed E-state index contributed by atoms with van der Waals surface area (Å²) >= 11 is 0. The van der Waals surface area contributed by atoms with Crippen molar-refractivity contribution < 1.29 is 47.7 Å². The van der Waals surface area contributed by atoms with Crippen LogP contribution in [0.25, 0.3) is 0 Å². The molecule has 6 nitrogen and oxygen atoms in total. The predicted octanol–water partition coefficient (Wildman–Crippen LogP) is 0.671. The van der Waals surface area contributed by atoms with E-state index in [1.165, 1.54) is 7.05 Å². The fourth-order valence-electron chi connectivity index (χ4n) is 1.32. The number of imidazole rings is 1. The number of alkyl halides is 6. The molecule has 0 aliphatic rings. The number of rotatable bonds is 4. The quantitative estimate of drug-likeness (QED) is 0.441. The molecule has 0 aromatic carbocycles. The zero-order valence-electron chi connectivity index (χ0n) is 10.6. The first-order valence-electron chi connectivity index (χ1n) is 5.10. The van der Waals surface area contributed by atoms with Crippen molar-refractivity contribution in [3.8, 4) is 0 Å². The van der Waals surface area contributed by atoms with E-state index in [0.717, 1.165) is 23.3 Å². The largest absolute Gasteiger partial charge is 0.470 e. The molecule has 0 fully saturated rings. The fraction of sp³-hybridized carbons (Fsp3) is 0.500. The lowest BCUT2D eigenvalue weighted by Crippen LogP contribution is -2.41. The summed E-state index contributed by atoms with van der Waals surface area (Å²) in [7, 11) is -12.0. The van der Waals surface area contributed by atoms with Gasteiger partial charge in [0.1, 0.15) is 32.1 Å². The molecule has 0 bridgehead atoms. The highest BCUT2D eigenvalue weighted by molar-refractivity contribution is 8.13. The van der Waals surface area contributed by atoms with Crippen LogP contribution in [0.5, 0.6) is 0 Å². The summed E-state index contributed by atoms with van der Waals surface area (Å²) in [5.74, 6) is 0. The zero-order valence-corrected chi connectivity index (χ0v) is 12.2. The van der Waals surface area contributed by atoms with Gasteiger partial charge in [0.25, 0.3) is 0 Å². The molecule has 0 saturated carbocycles. The number of halogens is 6. The Morgan fingerprint density at radius 1 is 1.00 bits per heavy atom. The molecule has 0 atom stereocenters. The molecule has 0 spiro atoms. The molecule has 1 aromatic rings. The number of hydrogen-bond acceptors (Lipinski definition) is 4. The van der Waals surface area contributed by atoms with E-state index in [-0.39, 0.29) is 0 Å². The van der Waals surface area contributed by atoms with E-state index in [2.05, 4.69) is 0 Å². The number of nitrogens with zero attached hydrogens (tertiary/aromatic N) is 2. The molecule has 0 saturated heterocycles. The highest BCUT2D eigenvalue weighted by Gasteiger charge is 2.54. The number of aromatic nitrogens is 2. The normalized spacial score (nSPS) is 14.5. The van der Waals surface area contributed by atoms with Crippen LogP contribution in [0.1, 0.15) is 0 Å². The first-order valence-corrected chi connectivity index (χ1v) is 8.07. The van der Waals surface area contributed by atoms with Crippen LogP contribution in [0, 0.1) is 4.58 Å². The van der Waals surface area contributed by atoms with Gasteiger partial charge in [-0.3, -0.25) is 21.4 Å². The minimum absolute atomic E-state index is 0.557. The van der Waals surface area contributed by atoms with Crippen LogP contribution in [0.4, 0.5) is 26.3 Å². The van der Waals surface area contributed by atoms with Gasteiger partial charge in [0.2, 0.25) is 6.33 Å². The highest BCUT2D eigenvalue weighted by Crippen LogP contribution is 2.41. The Bertz CT molecular complexity index is 702. The molecule has 0 aliphatic carbocycles. The molecule has 0 aliphatic heterocycles. The van der Waals surface area contributed by atoms with Gasteiger partial charge in [-0.25, -0.2) is 4.57 Å². The van der Waals surface area contributed by atoms with Crippen molar-refractivity contribution in [2.45, 2.75) is 17.6 Å². The van der Waals surface area contributed by atoms with Crippen LogP contribution < -0.4 is 4.57 Å². The summed E-state index contributed by atoms with van der Waals surface area (Å²) in [5.41, 5.74) is -12.4. The molecular weight excluding hydrogens is 366 g/mol. The van der Waals surface area contributed by atoms with Crippen LogP contribution in [0.2, 0.25) is 0 Å². The van der Waals surface area contributed by atoms with Gasteiger partial charge in [-0.05, 0) is 11.1 Å². The summed E-state index contributed by atoms with van der Waals surface area (Å²) in [6.45, 7) is -1.63. The van der Waals surface area contributed by atoms with Crippen molar-refractivity contribution in [2.75, 3.05) is 0 Å². The van der Waals surface area contributed by atoms with Gasteiger partial charge in [-0.2, -0.15) is 26.3 Å². The fourth-order valence-corrected chi connectivity index (χ4v) is 4.19. The molecule has 22 heavy (non-hydrogen) atoms. The van der Waals surface area contributed by atoms with Gasteiger partial charge in [0, 0.05) is 0 Å². The molecule has 1 rings (SSSR count). The summed E-state index contributed by atoms with van der Waals surface area (Å²) in [6.07, 6.45) is 2.99. The maximum Gasteiger partial charge on any atom is 0.470 e. The Kier molecular flexibility index (Phi) is 4.60. The van der Waals surface area contributed by atoms with Gasteiger partial charge in [0.05, 0.1) is 7.05 Å². The molecule has 1 heterocycles. The highest BCUT2D eigenvalue weighted by atomic mass is 32.3. The molecule has 0 amide bonds. The third-order valence-electron chi connectivity index (χ3n) is 2.34. The van der Waals surface area contributed by atoms with Crippen LogP contribution in [0.15, 0.2) is 18.7 Å². The van der Waals surface area contributed by atoms with Crippen LogP contribution >= 0.6 is 0 Å². The van der Waals surface area contributed by atoms with Crippen molar-refractivity contribution in [3.63, 3.8) is 0 Å². The maximum absolute atomic E-state index is 12.5. The Balaban J connectivity index is 3.48. The van der Waals surface area contributed by atoms with Gasteiger partial charge in [-0.15, -0.1) is 0 Å². The number of hydrogen-bond donors (Lipinski definition) is 0. The lowest BCUT2D eigenvalue weighted by atomic mass is 10.7. The van der Waals surface area contributed by atoms with Crippen LogP contribution in [-0.2, 0) is 33.3 Å². The second-order valence-electron chi connectivity index (χ2n) is 4.02. The molecule has 14 heteroatoms. The van der Waals surface area contributed by atoms with Crippen molar-refractivity contribution in [1.82, 2.24) is 4.57 Å². The Labute approximate surface area is 120 Å². The number of aryl methyl sites for hydroxylation is 1. The van der Waals surface area contributed by atoms with Gasteiger partial charge < -0.3 is 0 Å². The lowest BCUT2D eigenvalue weighted by Gasteiger charge is -2.29. The van der Waals surface area contributed by atoms with Gasteiger partial charge in [0.15, 0.2) is 0 Å². The second kappa shape index (κ2) is 5.40. The Hall–Kier alpha value is -1.31. The van der Waals surface area contributed by atoms with E-state index >= 15 is 0 Å². The molecular formula is C8H8F6N2O4S2. The second-order valence-corrected chi connectivity index (χ2v) is 8.21. The molecule has 0 unspecified atom stereocenters. The Morgan fingerprint density at radius 3 is 1.68 bits per heavy atom. The van der Waals surface area contributed by atoms with Crippen molar-refractivity contribution >= 4 is 19.7 Å². The SMILES string of the molecule is C[n+]1ccn(C[C-](S(=O)(=O)C(F)(F)F)S(=O)(=O)C(F)(F)F)c1. The molecule has 128 valence electrons. The summed E-state index contributed by atoms with van der Waals surface area (Å²) in [6, 6.07) is 0. The monoisotopic (exact) mass is 374 g/mol. The van der Waals surface area contributed by atoms with Crippen LogP contribution in [0.3, 0.4) is 0 Å². The Morgan fingerprint density at radius 2 is 1.41 bits per heavy atom. The van der Waals surface area contributed by atoms with Crippen LogP contribution in [-0.4, -0.2) is 32.4 Å². The standard InChI is InChI=1S/C8H8F6N2O4S2/c1-15-2-3-16(5-15)4-6(21(17,18)7(9,10)11)22(19,20)8(12,13)14/h2-3,5H,4H2,1H3. The van der Waals surface area contributed by atoms with Crippen molar-refractivity contribution in [3.05, 3.63) is 23.3 Å². The first-order chi connectivity index (χ1) is 9.60. The maximum atomic E-state index is 12.5. The molecule has 0 N–H and O–H groups in total. The smallest absolute Gasteiger partial charge is 0.265 e. The minimum Gasteiger partial charge on any atom is -0.265 e. The van der Waals surface area contributed by atoms with Crippen molar-refractivity contribution in [2.24, 2.45) is 7.05 Å². The summed E-state index contributed by atoms with van der Waals surface area (Å²) < 4.78 is 119. The third kappa shape index (κ3) is 3.37. The lowest BCUT2D eigenvalue weighted by molar-refractivity contribution is -0.671. The minimum atomic E-state index is -6.69. The average molecular weight is 374 g/mol. The van der Waals surface area contributed by atoms with E-state index in [1.807, 2.05) is 0 Å². The first kappa shape index (κ1) is 18.7.